The van der Waals surface area contributed by atoms with Gasteiger partial charge < -0.3 is 10.6 Å². The molecular weight excluding hydrogens is 421 g/mol. The van der Waals surface area contributed by atoms with Crippen molar-refractivity contribution in [2.75, 3.05) is 11.9 Å². The third kappa shape index (κ3) is 3.89. The molecule has 1 aliphatic rings. The molecule has 4 heterocycles. The molecule has 0 amide bonds. The molecule has 33 heavy (non-hydrogen) atoms. The quantitative estimate of drug-likeness (QED) is 0.486. The van der Waals surface area contributed by atoms with E-state index < -0.39 is 5.67 Å². The molecule has 0 unspecified atom stereocenters. The summed E-state index contributed by atoms with van der Waals surface area (Å²) >= 11 is 0. The molecule has 2 N–H and O–H groups in total. The van der Waals surface area contributed by atoms with Crippen molar-refractivity contribution in [3.8, 4) is 5.82 Å². The summed E-state index contributed by atoms with van der Waals surface area (Å²) in [6.07, 6.45) is 4.11. The van der Waals surface area contributed by atoms with Crippen LogP contribution in [0.2, 0.25) is 0 Å². The van der Waals surface area contributed by atoms with Crippen molar-refractivity contribution in [2.24, 2.45) is 0 Å². The van der Waals surface area contributed by atoms with Crippen LogP contribution in [0, 0.1) is 0 Å². The normalized spacial score (nSPS) is 13.8. The summed E-state index contributed by atoms with van der Waals surface area (Å²) in [5.74, 6) is 1.09. The molecule has 0 atom stereocenters. The van der Waals surface area contributed by atoms with Crippen LogP contribution in [-0.2, 0) is 25.2 Å². The average molecular weight is 448 g/mol. The number of fused-ring (bicyclic) bond motifs is 2. The molecule has 170 valence electrons. The van der Waals surface area contributed by atoms with E-state index in [1.807, 2.05) is 19.1 Å². The minimum Gasteiger partial charge on any atom is -0.340 e. The maximum absolute atomic E-state index is 14.5. The number of aromatic nitrogens is 5. The van der Waals surface area contributed by atoms with Crippen molar-refractivity contribution >= 4 is 22.4 Å². The minimum atomic E-state index is -1.70. The van der Waals surface area contributed by atoms with Gasteiger partial charge in [-0.15, -0.1) is 0 Å². The van der Waals surface area contributed by atoms with Crippen molar-refractivity contribution in [1.29, 1.82) is 0 Å². The summed E-state index contributed by atoms with van der Waals surface area (Å²) in [5, 5.41) is 7.21. The molecule has 3 aromatic heterocycles. The monoisotopic (exact) mass is 447 g/mol. The third-order valence-electron chi connectivity index (χ3n) is 5.87. The first-order chi connectivity index (χ1) is 15.8. The second kappa shape index (κ2) is 8.08. The van der Waals surface area contributed by atoms with Crippen LogP contribution in [0.25, 0.3) is 16.7 Å². The van der Waals surface area contributed by atoms with Crippen molar-refractivity contribution in [1.82, 2.24) is 29.6 Å². The Kier molecular flexibility index (Phi) is 5.20. The van der Waals surface area contributed by atoms with E-state index in [1.54, 1.807) is 21.6 Å². The Labute approximate surface area is 190 Å². The van der Waals surface area contributed by atoms with E-state index in [9.17, 15) is 9.18 Å². The summed E-state index contributed by atoms with van der Waals surface area (Å²) < 4.78 is 17.8. The maximum Gasteiger partial charge on any atom is 0.276 e. The zero-order valence-electron chi connectivity index (χ0n) is 18.9. The lowest BCUT2D eigenvalue weighted by Crippen LogP contribution is -2.23. The molecule has 0 spiro atoms. The average Bonchev–Trinajstić information content (AvgIpc) is 3.09. The lowest BCUT2D eigenvalue weighted by atomic mass is 10.0. The maximum atomic E-state index is 14.5. The SMILES string of the molecule is CCn1c(=O)c2cnc(Nc3ccc4c(c3)CNCC4)cc2n1-c1ccnc(C(C)(C)F)n1. The number of pyridine rings is 1. The molecule has 4 aromatic rings. The van der Waals surface area contributed by atoms with E-state index in [-0.39, 0.29) is 11.4 Å². The summed E-state index contributed by atoms with van der Waals surface area (Å²) in [6.45, 7) is 6.96. The first-order valence-corrected chi connectivity index (χ1v) is 11.1. The Hall–Kier alpha value is -3.59. The molecular formula is C24H26FN7O. The third-order valence-corrected chi connectivity index (χ3v) is 5.87. The van der Waals surface area contributed by atoms with Crippen LogP contribution in [0.1, 0.15) is 37.7 Å². The number of alkyl halides is 1. The van der Waals surface area contributed by atoms with Gasteiger partial charge in [-0.3, -0.25) is 4.79 Å². The van der Waals surface area contributed by atoms with Crippen LogP contribution in [-0.4, -0.2) is 30.9 Å². The fourth-order valence-corrected chi connectivity index (χ4v) is 4.20. The molecule has 0 fully saturated rings. The first-order valence-electron chi connectivity index (χ1n) is 11.1. The van der Waals surface area contributed by atoms with Gasteiger partial charge in [0, 0.05) is 43.3 Å². The van der Waals surface area contributed by atoms with Crippen molar-refractivity contribution in [3.05, 3.63) is 70.0 Å². The minimum absolute atomic E-state index is 0.0621. The van der Waals surface area contributed by atoms with E-state index in [0.29, 0.717) is 29.1 Å². The standard InChI is InChI=1S/C24H26FN7O/c1-4-31-22(33)18-14-28-20(29-17-6-5-15-7-9-26-13-16(15)11-17)12-19(18)32(31)21-8-10-27-23(30-21)24(2,3)25/h5-6,8,10-12,14,26H,4,7,9,13H2,1-3H3,(H,28,29). The molecule has 9 heteroatoms. The largest absolute Gasteiger partial charge is 0.340 e. The zero-order chi connectivity index (χ0) is 23.2. The summed E-state index contributed by atoms with van der Waals surface area (Å²) in [6, 6.07) is 9.80. The number of benzene rings is 1. The number of rotatable bonds is 5. The van der Waals surface area contributed by atoms with Crippen LogP contribution >= 0.6 is 0 Å². The topological polar surface area (TPSA) is 89.7 Å². The number of hydrogen-bond acceptors (Lipinski definition) is 6. The van der Waals surface area contributed by atoms with Crippen molar-refractivity contribution in [2.45, 2.75) is 46.0 Å². The molecule has 0 saturated heterocycles. The van der Waals surface area contributed by atoms with Crippen LogP contribution in [0.15, 0.2) is 47.5 Å². The van der Waals surface area contributed by atoms with Crippen molar-refractivity contribution in [3.63, 3.8) is 0 Å². The fraction of sp³-hybridized carbons (Fsp3) is 0.333. The number of halogens is 1. The number of nitrogens with zero attached hydrogens (tertiary/aromatic N) is 5. The smallest absolute Gasteiger partial charge is 0.276 e. The van der Waals surface area contributed by atoms with Crippen LogP contribution in [0.3, 0.4) is 0 Å². The first kappa shape index (κ1) is 21.3. The highest BCUT2D eigenvalue weighted by Gasteiger charge is 2.24. The Morgan fingerprint density at radius 1 is 1.18 bits per heavy atom. The van der Waals surface area contributed by atoms with Gasteiger partial charge in [-0.25, -0.2) is 28.7 Å². The summed E-state index contributed by atoms with van der Waals surface area (Å²) in [5.41, 5.74) is 2.31. The Bertz CT molecular complexity index is 1400. The van der Waals surface area contributed by atoms with E-state index in [0.717, 1.165) is 25.2 Å². The molecule has 5 rings (SSSR count). The second-order valence-electron chi connectivity index (χ2n) is 8.67. The van der Waals surface area contributed by atoms with Gasteiger partial charge in [0.15, 0.2) is 17.3 Å². The summed E-state index contributed by atoms with van der Waals surface area (Å²) in [7, 11) is 0. The molecule has 8 nitrogen and oxygen atoms in total. The zero-order valence-corrected chi connectivity index (χ0v) is 18.9. The van der Waals surface area contributed by atoms with E-state index >= 15 is 0 Å². The lowest BCUT2D eigenvalue weighted by molar-refractivity contribution is 0.206. The molecule has 1 aromatic carbocycles. The van der Waals surface area contributed by atoms with E-state index in [4.69, 9.17) is 0 Å². The Balaban J connectivity index is 1.60. The molecule has 0 bridgehead atoms. The van der Waals surface area contributed by atoms with Gasteiger partial charge in [0.25, 0.3) is 5.56 Å². The fourth-order valence-electron chi connectivity index (χ4n) is 4.20. The lowest BCUT2D eigenvalue weighted by Gasteiger charge is -2.18. The highest BCUT2D eigenvalue weighted by atomic mass is 19.1. The van der Waals surface area contributed by atoms with Gasteiger partial charge in [0.2, 0.25) is 0 Å². The Morgan fingerprint density at radius 3 is 2.82 bits per heavy atom. The molecule has 0 saturated carbocycles. The van der Waals surface area contributed by atoms with Gasteiger partial charge in [-0.05, 0) is 57.0 Å². The van der Waals surface area contributed by atoms with Gasteiger partial charge in [0.05, 0.1) is 10.9 Å². The van der Waals surface area contributed by atoms with Crippen molar-refractivity contribution < 1.29 is 4.39 Å². The van der Waals surface area contributed by atoms with Gasteiger partial charge in [-0.2, -0.15) is 0 Å². The van der Waals surface area contributed by atoms with Crippen LogP contribution in [0.5, 0.6) is 0 Å². The van der Waals surface area contributed by atoms with E-state index in [1.165, 1.54) is 31.2 Å². The number of anilines is 2. The van der Waals surface area contributed by atoms with E-state index in [2.05, 4.69) is 37.7 Å². The van der Waals surface area contributed by atoms with Crippen LogP contribution in [0.4, 0.5) is 15.9 Å². The van der Waals surface area contributed by atoms with Crippen LogP contribution < -0.4 is 16.2 Å². The van der Waals surface area contributed by atoms with Gasteiger partial charge >= 0.3 is 0 Å². The molecule has 0 aliphatic carbocycles. The Morgan fingerprint density at radius 2 is 2.03 bits per heavy atom. The highest BCUT2D eigenvalue weighted by molar-refractivity contribution is 5.82. The predicted molar refractivity (Wildman–Crippen MR) is 126 cm³/mol. The second-order valence-corrected chi connectivity index (χ2v) is 8.67. The van der Waals surface area contributed by atoms with Gasteiger partial charge in [-0.1, -0.05) is 6.07 Å². The molecule has 0 radical (unpaired) electrons. The number of nitrogens with one attached hydrogen (secondary N) is 2. The number of hydrogen-bond donors (Lipinski definition) is 2. The molecule has 1 aliphatic heterocycles. The summed E-state index contributed by atoms with van der Waals surface area (Å²) in [4.78, 5) is 26.0. The van der Waals surface area contributed by atoms with Gasteiger partial charge in [0.1, 0.15) is 5.82 Å². The predicted octanol–water partition coefficient (Wildman–Crippen LogP) is 3.59. The highest BCUT2D eigenvalue weighted by Crippen LogP contribution is 2.25.